The maximum Gasteiger partial charge on any atom is 0.255 e. The third-order valence-corrected chi connectivity index (χ3v) is 4.62. The number of amides is 1. The van der Waals surface area contributed by atoms with Gasteiger partial charge in [-0.1, -0.05) is 6.07 Å². The zero-order valence-electron chi connectivity index (χ0n) is 13.6. The third-order valence-electron chi connectivity index (χ3n) is 4.62. The molecule has 124 valence electrons. The highest BCUT2D eigenvalue weighted by Crippen LogP contribution is 2.32. The second-order valence-electron chi connectivity index (χ2n) is 6.36. The van der Waals surface area contributed by atoms with Crippen molar-refractivity contribution in [1.29, 1.82) is 0 Å². The Hall–Kier alpha value is -2.49. The van der Waals surface area contributed by atoms with Crippen molar-refractivity contribution in [2.75, 3.05) is 18.5 Å². The lowest BCUT2D eigenvalue weighted by atomic mass is 9.90. The molecule has 2 aromatic rings. The van der Waals surface area contributed by atoms with Crippen LogP contribution in [0.25, 0.3) is 0 Å². The summed E-state index contributed by atoms with van der Waals surface area (Å²) in [5, 5.41) is 2.96. The lowest BCUT2D eigenvalue weighted by Gasteiger charge is -2.16. The summed E-state index contributed by atoms with van der Waals surface area (Å²) in [4.78, 5) is 12.6. The maximum absolute atomic E-state index is 12.6. The van der Waals surface area contributed by atoms with Gasteiger partial charge in [-0.3, -0.25) is 4.79 Å². The molecule has 1 N–H and O–H groups in total. The minimum atomic E-state index is -0.0853. The number of carbonyl (C=O) groups is 1. The van der Waals surface area contributed by atoms with Gasteiger partial charge in [0.2, 0.25) is 0 Å². The first-order valence-corrected chi connectivity index (χ1v) is 8.62. The molecule has 4 rings (SSSR count). The number of benzene rings is 2. The number of nitrogens with one attached hydrogen (secondary N) is 1. The lowest BCUT2D eigenvalue weighted by molar-refractivity contribution is 0.102. The summed E-state index contributed by atoms with van der Waals surface area (Å²) in [7, 11) is 0. The predicted molar refractivity (Wildman–Crippen MR) is 93.1 cm³/mol. The Bertz CT molecular complexity index is 769. The van der Waals surface area contributed by atoms with E-state index in [1.54, 1.807) is 0 Å². The third kappa shape index (κ3) is 3.09. The van der Waals surface area contributed by atoms with Crippen LogP contribution in [0.2, 0.25) is 0 Å². The molecule has 4 nitrogen and oxygen atoms in total. The molecule has 1 heterocycles. The molecular formula is C20H21NO3. The van der Waals surface area contributed by atoms with Gasteiger partial charge in [0.15, 0.2) is 11.5 Å². The zero-order chi connectivity index (χ0) is 16.4. The monoisotopic (exact) mass is 323 g/mol. The van der Waals surface area contributed by atoms with Crippen LogP contribution in [0.1, 0.15) is 40.7 Å². The van der Waals surface area contributed by atoms with E-state index in [1.807, 2.05) is 30.3 Å². The first-order valence-electron chi connectivity index (χ1n) is 8.62. The Morgan fingerprint density at radius 1 is 0.833 bits per heavy atom. The van der Waals surface area contributed by atoms with E-state index in [0.717, 1.165) is 30.7 Å². The smallest absolute Gasteiger partial charge is 0.255 e. The van der Waals surface area contributed by atoms with E-state index >= 15 is 0 Å². The Labute approximate surface area is 141 Å². The zero-order valence-corrected chi connectivity index (χ0v) is 13.6. The summed E-state index contributed by atoms with van der Waals surface area (Å²) in [6.07, 6.45) is 5.52. The van der Waals surface area contributed by atoms with E-state index in [1.165, 1.54) is 24.0 Å². The van der Waals surface area contributed by atoms with Crippen molar-refractivity contribution in [2.45, 2.75) is 32.1 Å². The summed E-state index contributed by atoms with van der Waals surface area (Å²) in [6, 6.07) is 11.6. The van der Waals surface area contributed by atoms with E-state index in [2.05, 4.69) is 11.4 Å². The fourth-order valence-electron chi connectivity index (χ4n) is 3.32. The fraction of sp³-hybridized carbons (Fsp3) is 0.350. The van der Waals surface area contributed by atoms with Gasteiger partial charge >= 0.3 is 0 Å². The average Bonchev–Trinajstić information content (AvgIpc) is 2.86. The number of rotatable bonds is 2. The molecule has 0 spiro atoms. The normalized spacial score (nSPS) is 16.0. The molecule has 0 atom stereocenters. The maximum atomic E-state index is 12.6. The van der Waals surface area contributed by atoms with Crippen LogP contribution < -0.4 is 14.8 Å². The van der Waals surface area contributed by atoms with Crippen molar-refractivity contribution in [1.82, 2.24) is 0 Å². The summed E-state index contributed by atoms with van der Waals surface area (Å²) < 4.78 is 11.3. The molecule has 4 heteroatoms. The molecule has 0 saturated carbocycles. The Morgan fingerprint density at radius 2 is 1.62 bits per heavy atom. The molecule has 1 amide bonds. The van der Waals surface area contributed by atoms with Crippen LogP contribution in [-0.4, -0.2) is 19.1 Å². The van der Waals surface area contributed by atoms with E-state index in [4.69, 9.17) is 9.47 Å². The highest BCUT2D eigenvalue weighted by Gasteiger charge is 2.15. The highest BCUT2D eigenvalue weighted by molar-refractivity contribution is 6.04. The average molecular weight is 323 g/mol. The van der Waals surface area contributed by atoms with Crippen LogP contribution in [0.15, 0.2) is 36.4 Å². The molecular weight excluding hydrogens is 302 g/mol. The van der Waals surface area contributed by atoms with Crippen LogP contribution >= 0.6 is 0 Å². The molecule has 0 bridgehead atoms. The highest BCUT2D eigenvalue weighted by atomic mass is 16.5. The Morgan fingerprint density at radius 3 is 2.50 bits per heavy atom. The molecule has 2 aliphatic rings. The first-order chi connectivity index (χ1) is 11.8. The molecule has 0 fully saturated rings. The van der Waals surface area contributed by atoms with Gasteiger partial charge in [-0.2, -0.15) is 0 Å². The lowest BCUT2D eigenvalue weighted by Crippen LogP contribution is -2.13. The van der Waals surface area contributed by atoms with Gasteiger partial charge < -0.3 is 14.8 Å². The minimum Gasteiger partial charge on any atom is -0.490 e. The first kappa shape index (κ1) is 15.1. The summed E-state index contributed by atoms with van der Waals surface area (Å²) in [5.41, 5.74) is 4.13. The Kier molecular flexibility index (Phi) is 4.11. The molecule has 1 aliphatic carbocycles. The second-order valence-corrected chi connectivity index (χ2v) is 6.36. The van der Waals surface area contributed by atoms with E-state index < -0.39 is 0 Å². The molecule has 0 radical (unpaired) electrons. The summed E-state index contributed by atoms with van der Waals surface area (Å²) >= 11 is 0. The number of aryl methyl sites for hydroxylation is 2. The topological polar surface area (TPSA) is 47.6 Å². The standard InChI is InChI=1S/C20H21NO3/c22-20(16-7-6-14-4-1-2-5-15(14)12-16)21-17-8-9-18-19(13-17)24-11-3-10-23-18/h6-9,12-13H,1-5,10-11H2,(H,21,22). The number of fused-ring (bicyclic) bond motifs is 2. The van der Waals surface area contributed by atoms with Crippen molar-refractivity contribution in [3.63, 3.8) is 0 Å². The second kappa shape index (κ2) is 6.56. The van der Waals surface area contributed by atoms with Crippen LogP contribution in [0.3, 0.4) is 0 Å². The number of carbonyl (C=O) groups excluding carboxylic acids is 1. The molecule has 2 aromatic carbocycles. The SMILES string of the molecule is O=C(Nc1ccc2c(c1)OCCCO2)c1ccc2c(c1)CCCC2. The van der Waals surface area contributed by atoms with Gasteiger partial charge in [0, 0.05) is 23.7 Å². The van der Waals surface area contributed by atoms with E-state index in [9.17, 15) is 4.79 Å². The van der Waals surface area contributed by atoms with Gasteiger partial charge in [0.1, 0.15) is 0 Å². The van der Waals surface area contributed by atoms with Crippen LogP contribution in [0.4, 0.5) is 5.69 Å². The van der Waals surface area contributed by atoms with Crippen molar-refractivity contribution in [3.8, 4) is 11.5 Å². The molecule has 0 unspecified atom stereocenters. The van der Waals surface area contributed by atoms with Gasteiger partial charge in [0.05, 0.1) is 13.2 Å². The Balaban J connectivity index is 1.53. The molecule has 0 aromatic heterocycles. The predicted octanol–water partition coefficient (Wildman–Crippen LogP) is 3.98. The number of ether oxygens (including phenoxy) is 2. The quantitative estimate of drug-likeness (QED) is 0.909. The fourth-order valence-corrected chi connectivity index (χ4v) is 3.32. The van der Waals surface area contributed by atoms with Gasteiger partial charge in [-0.05, 0) is 61.1 Å². The van der Waals surface area contributed by atoms with Gasteiger partial charge in [-0.15, -0.1) is 0 Å². The molecule has 0 saturated heterocycles. The molecule has 24 heavy (non-hydrogen) atoms. The number of hydrogen-bond donors (Lipinski definition) is 1. The van der Waals surface area contributed by atoms with Gasteiger partial charge in [0.25, 0.3) is 5.91 Å². The number of hydrogen-bond acceptors (Lipinski definition) is 3. The van der Waals surface area contributed by atoms with Crippen molar-refractivity contribution < 1.29 is 14.3 Å². The summed E-state index contributed by atoms with van der Waals surface area (Å²) in [5.74, 6) is 1.34. The van der Waals surface area contributed by atoms with Gasteiger partial charge in [-0.25, -0.2) is 0 Å². The van der Waals surface area contributed by atoms with Crippen LogP contribution in [0.5, 0.6) is 11.5 Å². The molecule has 1 aliphatic heterocycles. The van der Waals surface area contributed by atoms with Crippen molar-refractivity contribution in [2.24, 2.45) is 0 Å². The van der Waals surface area contributed by atoms with Crippen LogP contribution in [-0.2, 0) is 12.8 Å². The van der Waals surface area contributed by atoms with Crippen molar-refractivity contribution >= 4 is 11.6 Å². The van der Waals surface area contributed by atoms with E-state index in [0.29, 0.717) is 24.5 Å². The van der Waals surface area contributed by atoms with E-state index in [-0.39, 0.29) is 5.91 Å². The summed E-state index contributed by atoms with van der Waals surface area (Å²) in [6.45, 7) is 1.29. The number of anilines is 1. The minimum absolute atomic E-state index is 0.0853. The largest absolute Gasteiger partial charge is 0.490 e. The van der Waals surface area contributed by atoms with Crippen molar-refractivity contribution in [3.05, 3.63) is 53.1 Å². The van der Waals surface area contributed by atoms with Crippen LogP contribution in [0, 0.1) is 0 Å².